The van der Waals surface area contributed by atoms with Gasteiger partial charge in [0.05, 0.1) is 18.3 Å². The molecule has 7 nitrogen and oxygen atoms in total. The summed E-state index contributed by atoms with van der Waals surface area (Å²) in [5, 5.41) is 4.41. The average molecular weight is 441 g/mol. The minimum absolute atomic E-state index is 0.161. The summed E-state index contributed by atoms with van der Waals surface area (Å²) < 4.78 is 0. The summed E-state index contributed by atoms with van der Waals surface area (Å²) in [6, 6.07) is 25.7. The Morgan fingerprint density at radius 2 is 1.52 bits per heavy atom. The summed E-state index contributed by atoms with van der Waals surface area (Å²) in [6.07, 6.45) is -0.888. The molecule has 33 heavy (non-hydrogen) atoms. The van der Waals surface area contributed by atoms with Crippen molar-refractivity contribution in [3.05, 3.63) is 96.1 Å². The maximum atomic E-state index is 13.5. The van der Waals surface area contributed by atoms with Crippen LogP contribution in [0.15, 0.2) is 84.9 Å². The summed E-state index contributed by atoms with van der Waals surface area (Å²) in [6.45, 7) is 1.67. The van der Waals surface area contributed by atoms with Crippen LogP contribution in [0.25, 0.3) is 0 Å². The van der Waals surface area contributed by atoms with Crippen LogP contribution in [0.1, 0.15) is 24.1 Å². The molecular formula is C26H23N3O4. The summed E-state index contributed by atoms with van der Waals surface area (Å²) in [5.41, 5.74) is 3.13. The zero-order valence-electron chi connectivity index (χ0n) is 18.0. The molecule has 0 aliphatic carbocycles. The molecule has 3 aromatic carbocycles. The zero-order chi connectivity index (χ0) is 22.9. The molecule has 0 spiro atoms. The maximum absolute atomic E-state index is 13.5. The topological polar surface area (TPSA) is 79.0 Å². The van der Waals surface area contributed by atoms with E-state index in [0.717, 1.165) is 16.8 Å². The second-order valence-corrected chi connectivity index (χ2v) is 8.21. The van der Waals surface area contributed by atoms with Gasteiger partial charge in [-0.25, -0.2) is 5.06 Å². The lowest BCUT2D eigenvalue weighted by atomic mass is 9.90. The number of para-hydroxylation sites is 1. The van der Waals surface area contributed by atoms with Gasteiger partial charge in [0.15, 0.2) is 6.10 Å². The normalized spacial score (nSPS) is 21.9. The van der Waals surface area contributed by atoms with Gasteiger partial charge in [0.2, 0.25) is 11.8 Å². The van der Waals surface area contributed by atoms with Gasteiger partial charge in [0.25, 0.3) is 5.91 Å². The number of hydroxylamine groups is 1. The molecule has 0 saturated carbocycles. The zero-order valence-corrected chi connectivity index (χ0v) is 18.0. The molecule has 0 unspecified atom stereocenters. The number of carbonyl (C=O) groups is 3. The molecule has 5 rings (SSSR count). The summed E-state index contributed by atoms with van der Waals surface area (Å²) in [7, 11) is 0. The standard InChI is InChI=1S/C26H23N3O4/c1-17(30)27-20-14-12-19(13-15-20)23-22-24(33-29(23)21-10-6-3-7-11-21)26(32)28(25(22)31)16-18-8-4-2-5-9-18/h2-15,22-24H,16H2,1H3,(H,27,30)/t22-,23-,24-/m1/s1. The van der Waals surface area contributed by atoms with E-state index in [-0.39, 0.29) is 24.3 Å². The molecule has 0 aromatic heterocycles. The molecule has 2 aliphatic rings. The van der Waals surface area contributed by atoms with E-state index in [2.05, 4.69) is 5.32 Å². The first kappa shape index (κ1) is 20.9. The van der Waals surface area contributed by atoms with E-state index in [1.165, 1.54) is 11.8 Å². The predicted molar refractivity (Wildman–Crippen MR) is 123 cm³/mol. The van der Waals surface area contributed by atoms with Crippen molar-refractivity contribution < 1.29 is 19.2 Å². The van der Waals surface area contributed by atoms with Crippen LogP contribution in [0.3, 0.4) is 0 Å². The second kappa shape index (κ2) is 8.52. The fourth-order valence-electron chi connectivity index (χ4n) is 4.50. The fourth-order valence-corrected chi connectivity index (χ4v) is 4.50. The highest BCUT2D eigenvalue weighted by molar-refractivity contribution is 6.07. The molecular weight excluding hydrogens is 418 g/mol. The Kier molecular flexibility index (Phi) is 5.40. The molecule has 3 aromatic rings. The first-order valence-corrected chi connectivity index (χ1v) is 10.8. The van der Waals surface area contributed by atoms with Crippen LogP contribution in [-0.4, -0.2) is 28.7 Å². The third-order valence-electron chi connectivity index (χ3n) is 5.97. The smallest absolute Gasteiger partial charge is 0.262 e. The van der Waals surface area contributed by atoms with E-state index in [0.29, 0.717) is 5.69 Å². The van der Waals surface area contributed by atoms with Gasteiger partial charge in [-0.05, 0) is 35.4 Å². The van der Waals surface area contributed by atoms with Crippen molar-refractivity contribution in [2.75, 3.05) is 10.4 Å². The second-order valence-electron chi connectivity index (χ2n) is 8.21. The largest absolute Gasteiger partial charge is 0.326 e. The van der Waals surface area contributed by atoms with Gasteiger partial charge in [-0.2, -0.15) is 0 Å². The van der Waals surface area contributed by atoms with Crippen LogP contribution in [0.2, 0.25) is 0 Å². The van der Waals surface area contributed by atoms with Gasteiger partial charge in [-0.3, -0.25) is 24.1 Å². The van der Waals surface area contributed by atoms with E-state index in [1.54, 1.807) is 17.2 Å². The molecule has 2 aliphatic heterocycles. The van der Waals surface area contributed by atoms with Crippen molar-refractivity contribution in [3.63, 3.8) is 0 Å². The van der Waals surface area contributed by atoms with Gasteiger partial charge in [0.1, 0.15) is 5.92 Å². The highest BCUT2D eigenvalue weighted by Crippen LogP contribution is 2.47. The van der Waals surface area contributed by atoms with Crippen molar-refractivity contribution >= 4 is 29.1 Å². The van der Waals surface area contributed by atoms with Crippen LogP contribution >= 0.6 is 0 Å². The van der Waals surface area contributed by atoms with Crippen molar-refractivity contribution in [2.45, 2.75) is 25.6 Å². The molecule has 0 radical (unpaired) electrons. The Morgan fingerprint density at radius 3 is 2.15 bits per heavy atom. The van der Waals surface area contributed by atoms with E-state index in [9.17, 15) is 14.4 Å². The average Bonchev–Trinajstić information content (AvgIpc) is 3.33. The van der Waals surface area contributed by atoms with Gasteiger partial charge in [-0.15, -0.1) is 0 Å². The monoisotopic (exact) mass is 441 g/mol. The molecule has 0 bridgehead atoms. The Bertz CT molecular complexity index is 1180. The van der Waals surface area contributed by atoms with Crippen LogP contribution in [-0.2, 0) is 25.8 Å². The lowest BCUT2D eigenvalue weighted by molar-refractivity contribution is -0.143. The molecule has 3 atom stereocenters. The van der Waals surface area contributed by atoms with Crippen molar-refractivity contribution in [1.82, 2.24) is 4.90 Å². The number of nitrogens with zero attached hydrogens (tertiary/aromatic N) is 2. The molecule has 2 fully saturated rings. The Labute approximate surface area is 191 Å². The van der Waals surface area contributed by atoms with Crippen molar-refractivity contribution in [2.24, 2.45) is 5.92 Å². The Balaban J connectivity index is 1.50. The number of anilines is 2. The van der Waals surface area contributed by atoms with E-state index in [1.807, 2.05) is 72.8 Å². The van der Waals surface area contributed by atoms with E-state index >= 15 is 0 Å². The number of carbonyl (C=O) groups excluding carboxylic acids is 3. The Morgan fingerprint density at radius 1 is 0.879 bits per heavy atom. The third kappa shape index (κ3) is 3.87. The quantitative estimate of drug-likeness (QED) is 0.611. The number of imide groups is 1. The maximum Gasteiger partial charge on any atom is 0.262 e. The molecule has 1 N–H and O–H groups in total. The van der Waals surface area contributed by atoms with Crippen LogP contribution in [0.4, 0.5) is 11.4 Å². The molecule has 3 amide bonds. The van der Waals surface area contributed by atoms with Crippen LogP contribution in [0, 0.1) is 5.92 Å². The van der Waals surface area contributed by atoms with Gasteiger partial charge >= 0.3 is 0 Å². The highest BCUT2D eigenvalue weighted by Gasteiger charge is 2.59. The number of amides is 3. The highest BCUT2D eigenvalue weighted by atomic mass is 16.7. The molecule has 7 heteroatoms. The fraction of sp³-hybridized carbons (Fsp3) is 0.192. The lowest BCUT2D eigenvalue weighted by Crippen LogP contribution is -2.36. The van der Waals surface area contributed by atoms with Gasteiger partial charge < -0.3 is 5.32 Å². The van der Waals surface area contributed by atoms with Crippen LogP contribution < -0.4 is 10.4 Å². The number of benzene rings is 3. The first-order chi connectivity index (χ1) is 16.0. The molecule has 166 valence electrons. The minimum atomic E-state index is -0.888. The molecule has 2 saturated heterocycles. The number of fused-ring (bicyclic) bond motifs is 1. The SMILES string of the molecule is CC(=O)Nc1ccc([C@@H]2[C@H]3C(=O)N(Cc4ccccc4)C(=O)[C@@H]3ON2c2ccccc2)cc1. The summed E-state index contributed by atoms with van der Waals surface area (Å²) >= 11 is 0. The van der Waals surface area contributed by atoms with E-state index in [4.69, 9.17) is 4.84 Å². The number of hydrogen-bond acceptors (Lipinski definition) is 5. The third-order valence-corrected chi connectivity index (χ3v) is 5.97. The minimum Gasteiger partial charge on any atom is -0.326 e. The lowest BCUT2D eigenvalue weighted by Gasteiger charge is -2.29. The summed E-state index contributed by atoms with van der Waals surface area (Å²) in [5.74, 6) is -1.41. The van der Waals surface area contributed by atoms with Crippen molar-refractivity contribution in [3.8, 4) is 0 Å². The number of nitrogens with one attached hydrogen (secondary N) is 1. The van der Waals surface area contributed by atoms with E-state index < -0.39 is 18.1 Å². The predicted octanol–water partition coefficient (Wildman–Crippen LogP) is 3.69. The number of rotatable bonds is 5. The summed E-state index contributed by atoms with van der Waals surface area (Å²) in [4.78, 5) is 45.6. The number of likely N-dealkylation sites (tertiary alicyclic amines) is 1. The number of hydrogen-bond donors (Lipinski definition) is 1. The van der Waals surface area contributed by atoms with Crippen molar-refractivity contribution in [1.29, 1.82) is 0 Å². The van der Waals surface area contributed by atoms with Gasteiger partial charge in [-0.1, -0.05) is 60.7 Å². The first-order valence-electron chi connectivity index (χ1n) is 10.8. The Hall–Kier alpha value is -3.97. The van der Waals surface area contributed by atoms with Gasteiger partial charge in [0, 0.05) is 12.6 Å². The van der Waals surface area contributed by atoms with Crippen LogP contribution in [0.5, 0.6) is 0 Å². The molecule has 2 heterocycles.